The molecule has 0 heterocycles. The van der Waals surface area contributed by atoms with E-state index in [0.717, 1.165) is 5.56 Å². The van der Waals surface area contributed by atoms with Gasteiger partial charge in [0.2, 0.25) is 0 Å². The van der Waals surface area contributed by atoms with Gasteiger partial charge >= 0.3 is 0 Å². The van der Waals surface area contributed by atoms with E-state index in [1.165, 1.54) is 5.56 Å². The van der Waals surface area contributed by atoms with Crippen LogP contribution in [-0.2, 0) is 5.41 Å². The summed E-state index contributed by atoms with van der Waals surface area (Å²) in [5, 5.41) is 0. The van der Waals surface area contributed by atoms with Gasteiger partial charge in [0.05, 0.1) is 0 Å². The molecule has 0 N–H and O–H groups in total. The number of para-hydroxylation sites is 1. The summed E-state index contributed by atoms with van der Waals surface area (Å²) in [4.78, 5) is 12.1. The Hall–Kier alpha value is -1.63. The lowest BCUT2D eigenvalue weighted by molar-refractivity contribution is -0.165. The van der Waals surface area contributed by atoms with Crippen molar-refractivity contribution in [3.63, 3.8) is 0 Å². The molecule has 2 aromatic rings. The van der Waals surface area contributed by atoms with Gasteiger partial charge in [-0.25, -0.2) is 0 Å². The molecule has 1 atom stereocenters. The minimum absolute atomic E-state index is 0.00993. The van der Waals surface area contributed by atoms with E-state index in [0.29, 0.717) is 5.75 Å². The Balaban J connectivity index is 2.27. The van der Waals surface area contributed by atoms with E-state index >= 15 is 0 Å². The van der Waals surface area contributed by atoms with Crippen LogP contribution in [0.2, 0.25) is 0 Å². The highest BCUT2D eigenvalue weighted by atomic mass is 31.1. The minimum atomic E-state index is -1.87. The normalized spacial score (nSPS) is 12.3. The van der Waals surface area contributed by atoms with Crippen LogP contribution in [0.25, 0.3) is 0 Å². The number of hydrogen-bond acceptors (Lipinski definition) is 2. The van der Waals surface area contributed by atoms with E-state index in [2.05, 4.69) is 26.8 Å². The molecular formula is C17H19O2P. The molecule has 3 heteroatoms. The van der Waals surface area contributed by atoms with Crippen molar-refractivity contribution in [3.8, 4) is 5.75 Å². The smallest absolute Gasteiger partial charge is 0.277 e. The number of benzene rings is 2. The van der Waals surface area contributed by atoms with Gasteiger partial charge < -0.3 is 4.89 Å². The summed E-state index contributed by atoms with van der Waals surface area (Å²) >= 11 is 0. The summed E-state index contributed by atoms with van der Waals surface area (Å²) < 4.78 is 5.44. The summed E-state index contributed by atoms with van der Waals surface area (Å²) in [6, 6.07) is 17.2. The molecule has 0 spiro atoms. The zero-order chi connectivity index (χ0) is 14.6. The fourth-order valence-electron chi connectivity index (χ4n) is 2.02. The highest BCUT2D eigenvalue weighted by Gasteiger charge is 2.18. The van der Waals surface area contributed by atoms with Crippen molar-refractivity contribution >= 4 is 13.8 Å². The van der Waals surface area contributed by atoms with Crippen LogP contribution in [-0.4, -0.2) is 5.80 Å². The van der Waals surface area contributed by atoms with Crippen molar-refractivity contribution in [2.75, 3.05) is 0 Å². The van der Waals surface area contributed by atoms with Crippen LogP contribution in [0.5, 0.6) is 5.75 Å². The molecule has 0 saturated carbocycles. The minimum Gasteiger partial charge on any atom is -0.595 e. The fraction of sp³-hybridized carbons (Fsp3) is 0.235. The first kappa shape index (κ1) is 14.8. The molecule has 0 radical (unpaired) electrons. The van der Waals surface area contributed by atoms with E-state index in [1.54, 1.807) is 17.9 Å². The lowest BCUT2D eigenvalue weighted by Gasteiger charge is -2.20. The largest absolute Gasteiger partial charge is 0.595 e. The Morgan fingerprint density at radius 2 is 1.55 bits per heavy atom. The van der Waals surface area contributed by atoms with Gasteiger partial charge in [0, 0.05) is 5.56 Å². The Kier molecular flexibility index (Phi) is 4.59. The molecule has 104 valence electrons. The van der Waals surface area contributed by atoms with Crippen molar-refractivity contribution in [1.29, 1.82) is 0 Å². The maximum atomic E-state index is 12.1. The van der Waals surface area contributed by atoms with Crippen molar-refractivity contribution in [1.82, 2.24) is 0 Å². The van der Waals surface area contributed by atoms with E-state index in [9.17, 15) is 4.89 Å². The second-order valence-electron chi connectivity index (χ2n) is 5.66. The van der Waals surface area contributed by atoms with Gasteiger partial charge in [0.1, 0.15) is 0 Å². The van der Waals surface area contributed by atoms with Crippen LogP contribution in [0.15, 0.2) is 54.6 Å². The second kappa shape index (κ2) is 6.21. The van der Waals surface area contributed by atoms with Gasteiger partial charge in [-0.15, -0.1) is 0 Å². The van der Waals surface area contributed by atoms with Crippen LogP contribution < -0.4 is 9.42 Å². The Bertz CT molecular complexity index is 598. The van der Waals surface area contributed by atoms with Crippen LogP contribution >= 0.6 is 8.00 Å². The third-order valence-electron chi connectivity index (χ3n) is 2.95. The molecule has 0 bridgehead atoms. The summed E-state index contributed by atoms with van der Waals surface area (Å²) in [6.07, 6.45) is 0. The third-order valence-corrected chi connectivity index (χ3v) is 3.83. The van der Waals surface area contributed by atoms with Gasteiger partial charge in [-0.1, -0.05) is 63.2 Å². The second-order valence-corrected chi connectivity index (χ2v) is 6.67. The van der Waals surface area contributed by atoms with Gasteiger partial charge in [-0.05, 0) is 23.1 Å². The Labute approximate surface area is 121 Å². The van der Waals surface area contributed by atoms with Gasteiger partial charge in [-0.2, -0.15) is 0 Å². The van der Waals surface area contributed by atoms with Crippen LogP contribution in [0.3, 0.4) is 0 Å². The van der Waals surface area contributed by atoms with Gasteiger partial charge in [0.15, 0.2) is 11.5 Å². The molecule has 2 aromatic carbocycles. The molecule has 0 aliphatic carbocycles. The Morgan fingerprint density at radius 3 is 2.20 bits per heavy atom. The molecule has 20 heavy (non-hydrogen) atoms. The monoisotopic (exact) mass is 286 g/mol. The summed E-state index contributed by atoms with van der Waals surface area (Å²) in [5.74, 6) is 2.32. The molecule has 0 aliphatic rings. The zero-order valence-corrected chi connectivity index (χ0v) is 12.9. The first-order chi connectivity index (χ1) is 9.47. The van der Waals surface area contributed by atoms with Gasteiger partial charge in [0.25, 0.3) is 8.00 Å². The first-order valence-corrected chi connectivity index (χ1v) is 7.85. The molecule has 0 amide bonds. The zero-order valence-electron chi connectivity index (χ0n) is 12.0. The molecule has 2 nitrogen and oxygen atoms in total. The standard InChI is InChI=1S/C17H19O2P/c1-17(2,3)16-12-8-7-9-14(16)13-20(18)19-15-10-5-4-6-11-15/h4-13H,1-3H3. The van der Waals surface area contributed by atoms with Crippen molar-refractivity contribution in [3.05, 3.63) is 65.7 Å². The van der Waals surface area contributed by atoms with Gasteiger partial charge in [-0.3, -0.25) is 4.52 Å². The molecule has 0 fully saturated rings. The highest BCUT2D eigenvalue weighted by molar-refractivity contribution is 7.45. The number of rotatable bonds is 3. The number of hydrogen-bond donors (Lipinski definition) is 0. The van der Waals surface area contributed by atoms with Crippen molar-refractivity contribution < 1.29 is 9.42 Å². The third kappa shape index (κ3) is 3.93. The maximum absolute atomic E-state index is 12.1. The van der Waals surface area contributed by atoms with E-state index in [1.807, 2.05) is 36.4 Å². The van der Waals surface area contributed by atoms with Crippen LogP contribution in [0, 0.1) is 0 Å². The molecular weight excluding hydrogens is 267 g/mol. The predicted molar refractivity (Wildman–Crippen MR) is 84.3 cm³/mol. The van der Waals surface area contributed by atoms with Crippen LogP contribution in [0.4, 0.5) is 0 Å². The molecule has 1 unspecified atom stereocenters. The van der Waals surface area contributed by atoms with Crippen LogP contribution in [0.1, 0.15) is 31.9 Å². The lowest BCUT2D eigenvalue weighted by atomic mass is 9.84. The van der Waals surface area contributed by atoms with E-state index in [4.69, 9.17) is 4.52 Å². The predicted octanol–water partition coefficient (Wildman–Crippen LogP) is 3.89. The topological polar surface area (TPSA) is 32.3 Å². The van der Waals surface area contributed by atoms with E-state index in [-0.39, 0.29) is 5.41 Å². The summed E-state index contributed by atoms with van der Waals surface area (Å²) in [5.41, 5.74) is 2.15. The van der Waals surface area contributed by atoms with E-state index < -0.39 is 8.00 Å². The average Bonchev–Trinajstić information content (AvgIpc) is 2.39. The molecule has 0 aliphatic heterocycles. The Morgan fingerprint density at radius 1 is 0.950 bits per heavy atom. The molecule has 0 saturated heterocycles. The average molecular weight is 286 g/mol. The fourth-order valence-corrected chi connectivity index (χ4v) is 2.85. The maximum Gasteiger partial charge on any atom is 0.277 e. The van der Waals surface area contributed by atoms with Crippen molar-refractivity contribution in [2.45, 2.75) is 26.2 Å². The summed E-state index contributed by atoms with van der Waals surface area (Å²) in [6.45, 7) is 6.43. The molecule has 2 rings (SSSR count). The highest BCUT2D eigenvalue weighted by Crippen LogP contribution is 2.27. The van der Waals surface area contributed by atoms with Crippen molar-refractivity contribution in [2.24, 2.45) is 0 Å². The quantitative estimate of drug-likeness (QED) is 0.802. The molecule has 0 aromatic heterocycles. The SMILES string of the molecule is CC(C)(C)c1ccccc1/C=[P+](\[O-])Oc1ccccc1. The first-order valence-electron chi connectivity index (χ1n) is 6.60. The summed E-state index contributed by atoms with van der Waals surface area (Å²) in [7, 11) is -1.87. The lowest BCUT2D eigenvalue weighted by Crippen LogP contribution is -2.14.